The second-order valence-electron chi connectivity index (χ2n) is 8.05. The Morgan fingerprint density at radius 2 is 1.11 bits per heavy atom. The molecule has 7 heteroatoms. The fraction of sp³-hybridized carbons (Fsp3) is 0.905. The van der Waals surface area contributed by atoms with Crippen molar-refractivity contribution < 1.29 is 26.8 Å². The lowest BCUT2D eigenvalue weighted by Crippen LogP contribution is -3.00. The van der Waals surface area contributed by atoms with Crippen LogP contribution in [0.1, 0.15) is 96.8 Å². The monoisotopic (exact) mass is 437 g/mol. The van der Waals surface area contributed by atoms with Crippen molar-refractivity contribution in [1.82, 2.24) is 9.80 Å². The predicted octanol–water partition coefficient (Wildman–Crippen LogP) is 2.70. The van der Waals surface area contributed by atoms with E-state index < -0.39 is 7.60 Å². The Bertz CT molecular complexity index is 432. The van der Waals surface area contributed by atoms with Crippen molar-refractivity contribution >= 4 is 7.60 Å². The third-order valence-electron chi connectivity index (χ3n) is 5.33. The Balaban J connectivity index is 0.00000729. The fourth-order valence-electron chi connectivity index (χ4n) is 3.57. The molecule has 0 saturated heterocycles. The highest BCUT2D eigenvalue weighted by molar-refractivity contribution is 7.51. The van der Waals surface area contributed by atoms with E-state index in [9.17, 15) is 4.57 Å². The van der Waals surface area contributed by atoms with E-state index in [1.54, 1.807) is 0 Å². The van der Waals surface area contributed by atoms with E-state index in [1.807, 2.05) is 17.3 Å². The van der Waals surface area contributed by atoms with Gasteiger partial charge < -0.3 is 32.0 Å². The number of hydrogen-bond acceptors (Lipinski definition) is 3. The second kappa shape index (κ2) is 17.6. The van der Waals surface area contributed by atoms with Crippen LogP contribution < -0.4 is 12.4 Å². The van der Waals surface area contributed by atoms with Gasteiger partial charge in [0.25, 0.3) is 0 Å². The molecule has 0 aromatic carbocycles. The van der Waals surface area contributed by atoms with Crippen LogP contribution in [-0.4, -0.2) is 45.5 Å². The van der Waals surface area contributed by atoms with Gasteiger partial charge in [-0.25, -0.2) is 0 Å². The number of nitrogens with zero attached hydrogens (tertiary/aromatic N) is 2. The summed E-state index contributed by atoms with van der Waals surface area (Å²) in [6, 6.07) is 0. The average Bonchev–Trinajstić information content (AvgIpc) is 3.07. The number of hydrogen-bond donors (Lipinski definition) is 2. The summed E-state index contributed by atoms with van der Waals surface area (Å²) in [5.41, 5.74) is 0. The first-order valence-electron chi connectivity index (χ1n) is 11.2. The minimum atomic E-state index is -3.88. The van der Waals surface area contributed by atoms with Gasteiger partial charge in [-0.3, -0.25) is 4.57 Å². The van der Waals surface area contributed by atoms with Crippen LogP contribution in [0.5, 0.6) is 0 Å². The van der Waals surface area contributed by atoms with E-state index in [1.165, 1.54) is 89.9 Å². The molecule has 0 radical (unpaired) electrons. The highest BCUT2D eigenvalue weighted by Crippen LogP contribution is 2.33. The molecular weight excluding hydrogens is 395 g/mol. The van der Waals surface area contributed by atoms with Crippen molar-refractivity contribution in [2.24, 2.45) is 0 Å². The number of rotatable bonds is 18. The van der Waals surface area contributed by atoms with Crippen molar-refractivity contribution in [3.05, 3.63) is 12.4 Å². The molecule has 0 fully saturated rings. The van der Waals surface area contributed by atoms with Crippen molar-refractivity contribution in [2.75, 3.05) is 25.9 Å². The summed E-state index contributed by atoms with van der Waals surface area (Å²) in [5, 5.41) is 0. The lowest BCUT2D eigenvalue weighted by atomic mass is 10.0. The molecule has 0 spiro atoms. The summed E-state index contributed by atoms with van der Waals surface area (Å²) in [7, 11) is -3.88. The molecule has 2 N–H and O–H groups in total. The topological polar surface area (TPSA) is 64.0 Å². The Labute approximate surface area is 179 Å². The molecule has 1 aliphatic heterocycles. The van der Waals surface area contributed by atoms with Crippen molar-refractivity contribution in [3.8, 4) is 0 Å². The number of halogens is 1. The van der Waals surface area contributed by atoms with Crippen LogP contribution in [0.25, 0.3) is 0 Å². The molecule has 0 aromatic heterocycles. The first kappa shape index (κ1) is 27.8. The minimum Gasteiger partial charge on any atom is -1.00 e. The van der Waals surface area contributed by atoms with E-state index in [-0.39, 0.29) is 18.6 Å². The third-order valence-corrected chi connectivity index (χ3v) is 6.11. The van der Waals surface area contributed by atoms with Crippen LogP contribution in [0.2, 0.25) is 0 Å². The zero-order valence-electron chi connectivity index (χ0n) is 17.9. The van der Waals surface area contributed by atoms with Gasteiger partial charge in [0.1, 0.15) is 0 Å². The second-order valence-corrected chi connectivity index (χ2v) is 9.83. The Morgan fingerprint density at radius 1 is 0.714 bits per heavy atom. The fourth-order valence-corrected chi connectivity index (χ4v) is 4.09. The van der Waals surface area contributed by atoms with Gasteiger partial charge in [-0.1, -0.05) is 90.4 Å². The molecule has 0 unspecified atom stereocenters. The zero-order chi connectivity index (χ0) is 19.8. The van der Waals surface area contributed by atoms with Gasteiger partial charge in [-0.05, 0) is 6.42 Å². The molecule has 5 nitrogen and oxygen atoms in total. The molecule has 28 heavy (non-hydrogen) atoms. The summed E-state index contributed by atoms with van der Waals surface area (Å²) in [5.74, 6) is 0. The Hall–Kier alpha value is -0.220. The zero-order valence-corrected chi connectivity index (χ0v) is 19.6. The highest BCUT2D eigenvalue weighted by Gasteiger charge is 2.17. The van der Waals surface area contributed by atoms with Crippen LogP contribution in [0, 0.1) is 0 Å². The maximum atomic E-state index is 10.9. The highest BCUT2D eigenvalue weighted by atomic mass is 35.5. The van der Waals surface area contributed by atoms with Crippen LogP contribution in [0.4, 0.5) is 0 Å². The summed E-state index contributed by atoms with van der Waals surface area (Å²) >= 11 is 0. The normalized spacial score (nSPS) is 14.0. The van der Waals surface area contributed by atoms with Crippen LogP contribution in [0.3, 0.4) is 0 Å². The van der Waals surface area contributed by atoms with Crippen LogP contribution >= 0.6 is 7.60 Å². The van der Waals surface area contributed by atoms with Gasteiger partial charge in [0.15, 0.2) is 0 Å². The Kier molecular flexibility index (Phi) is 17.5. The lowest BCUT2D eigenvalue weighted by Gasteiger charge is -2.21. The van der Waals surface area contributed by atoms with E-state index in [0.29, 0.717) is 6.54 Å². The quantitative estimate of drug-likeness (QED) is 0.255. The minimum absolute atomic E-state index is 0. The van der Waals surface area contributed by atoms with Crippen LogP contribution in [-0.2, 0) is 4.57 Å². The molecule has 1 aliphatic rings. The molecule has 168 valence electrons. The van der Waals surface area contributed by atoms with Gasteiger partial charge in [0, 0.05) is 25.5 Å². The summed E-state index contributed by atoms with van der Waals surface area (Å²) in [4.78, 5) is 22.1. The third kappa shape index (κ3) is 16.7. The first-order chi connectivity index (χ1) is 13.0. The molecular formula is C21H43ClN2O3P-. The van der Waals surface area contributed by atoms with Gasteiger partial charge >= 0.3 is 7.60 Å². The molecule has 0 bridgehead atoms. The lowest BCUT2D eigenvalue weighted by molar-refractivity contribution is -0.0000112. The standard InChI is InChI=1S/C21H43N2O3P.ClH/c1-2-3-4-5-6-7-8-9-10-11-12-13-14-15-16-22-17-18-23(21-22)19-20-27(24,25)26;/h17-18H,2-16,19-21H2,1H3,(H2,24,25,26);1H/p-1. The number of unbranched alkanes of at least 4 members (excludes halogenated alkanes) is 13. The predicted molar refractivity (Wildman–Crippen MR) is 115 cm³/mol. The molecule has 0 amide bonds. The summed E-state index contributed by atoms with van der Waals surface area (Å²) in [6.07, 6.45) is 23.2. The summed E-state index contributed by atoms with van der Waals surface area (Å²) < 4.78 is 10.9. The van der Waals surface area contributed by atoms with Gasteiger partial charge in [-0.2, -0.15) is 0 Å². The maximum Gasteiger partial charge on any atom is 0.327 e. The molecule has 1 heterocycles. The molecule has 0 aromatic rings. The molecule has 1 rings (SSSR count). The largest absolute Gasteiger partial charge is 1.00 e. The average molecular weight is 438 g/mol. The Morgan fingerprint density at radius 3 is 1.54 bits per heavy atom. The van der Waals surface area contributed by atoms with Crippen LogP contribution in [0.15, 0.2) is 12.4 Å². The van der Waals surface area contributed by atoms with Crippen molar-refractivity contribution in [1.29, 1.82) is 0 Å². The van der Waals surface area contributed by atoms with Gasteiger partial charge in [-0.15, -0.1) is 0 Å². The van der Waals surface area contributed by atoms with E-state index in [0.717, 1.165) is 13.2 Å². The van der Waals surface area contributed by atoms with E-state index in [4.69, 9.17) is 9.79 Å². The smallest absolute Gasteiger partial charge is 0.327 e. The van der Waals surface area contributed by atoms with Gasteiger partial charge in [0.2, 0.25) is 0 Å². The summed E-state index contributed by atoms with van der Waals surface area (Å²) in [6.45, 7) is 4.51. The van der Waals surface area contributed by atoms with Crippen molar-refractivity contribution in [2.45, 2.75) is 96.8 Å². The first-order valence-corrected chi connectivity index (χ1v) is 13.0. The molecule has 0 saturated carbocycles. The molecule has 0 aliphatic carbocycles. The molecule has 0 atom stereocenters. The van der Waals surface area contributed by atoms with E-state index >= 15 is 0 Å². The maximum absolute atomic E-state index is 10.9. The SMILES string of the molecule is CCCCCCCCCCCCCCCCN1C=CN(CCP(=O)(O)O)C1.[Cl-]. The van der Waals surface area contributed by atoms with E-state index in [2.05, 4.69) is 11.8 Å². The van der Waals surface area contributed by atoms with Gasteiger partial charge in [0.05, 0.1) is 12.8 Å². The van der Waals surface area contributed by atoms with Crippen molar-refractivity contribution in [3.63, 3.8) is 0 Å².